The summed E-state index contributed by atoms with van der Waals surface area (Å²) in [7, 11) is 1.55. The van der Waals surface area contributed by atoms with E-state index in [4.69, 9.17) is 35.1 Å². The lowest BCUT2D eigenvalue weighted by Crippen LogP contribution is -2.67. The number of H-pyrrole nitrogens is 1. The number of phenolic OH excluding ortho intramolecular Hbond substituents is 1. The summed E-state index contributed by atoms with van der Waals surface area (Å²) in [4.78, 5) is 28.3. The number of aromatic amines is 1. The van der Waals surface area contributed by atoms with E-state index in [1.807, 2.05) is 36.4 Å². The number of hydrogen-bond donors (Lipinski definition) is 7. The van der Waals surface area contributed by atoms with Gasteiger partial charge in [0.05, 0.1) is 55.7 Å². The van der Waals surface area contributed by atoms with Crippen LogP contribution in [0.2, 0.25) is 0 Å². The highest BCUT2D eigenvalue weighted by Crippen LogP contribution is 2.74. The number of aliphatic imine (C=N–C) groups is 1. The Labute approximate surface area is 628 Å². The molecule has 0 amide bonds. The van der Waals surface area contributed by atoms with Crippen LogP contribution in [-0.2, 0) is 35.5 Å². The molecule has 14 unspecified atom stereocenters. The predicted octanol–water partition coefficient (Wildman–Crippen LogP) is 15.5. The lowest BCUT2D eigenvalue weighted by Gasteiger charge is -2.55. The fourth-order valence-corrected chi connectivity index (χ4v) is 23.8. The first kappa shape index (κ1) is 65.8. The highest BCUT2D eigenvalue weighted by Gasteiger charge is 2.71. The highest BCUT2D eigenvalue weighted by atomic mass is 16.5. The topological polar surface area (TPSA) is 214 Å². The molecule has 14 heteroatoms. The number of allylic oxidation sites excluding steroid dienone is 2. The number of aryl methyl sites for hydroxylation is 1. The fourth-order valence-electron chi connectivity index (χ4n) is 23.8. The monoisotopic (exact) mass is 1430 g/mol. The molecule has 10 aromatic rings. The number of aliphatic hydroxyl groups is 2. The Kier molecular flexibility index (Phi) is 14.9. The summed E-state index contributed by atoms with van der Waals surface area (Å²) in [5.74, 6) is 18.4. The Morgan fingerprint density at radius 1 is 0.815 bits per heavy atom. The van der Waals surface area contributed by atoms with Gasteiger partial charge >= 0.3 is 0 Å². The first-order valence-corrected chi connectivity index (χ1v) is 39.3. The molecule has 9 N–H and O–H groups in total. The zero-order valence-electron chi connectivity index (χ0n) is 61.0. The summed E-state index contributed by atoms with van der Waals surface area (Å²) in [5.41, 5.74) is 28.0. The number of nitrogens with two attached hydrogens (primary N) is 2. The zero-order valence-corrected chi connectivity index (χ0v) is 61.0. The van der Waals surface area contributed by atoms with Crippen molar-refractivity contribution in [1.82, 2.24) is 10.3 Å². The van der Waals surface area contributed by atoms with E-state index in [9.17, 15) is 15.3 Å². The van der Waals surface area contributed by atoms with Gasteiger partial charge in [0.1, 0.15) is 22.7 Å². The van der Waals surface area contributed by atoms with Crippen molar-refractivity contribution in [3.05, 3.63) is 224 Å². The Morgan fingerprint density at radius 3 is 2.55 bits per heavy atom. The van der Waals surface area contributed by atoms with Crippen molar-refractivity contribution >= 4 is 61.6 Å². The van der Waals surface area contributed by atoms with Crippen molar-refractivity contribution in [2.24, 2.45) is 51.5 Å². The van der Waals surface area contributed by atoms with Crippen molar-refractivity contribution in [1.29, 1.82) is 0 Å². The zero-order chi connectivity index (χ0) is 72.7. The molecule has 3 saturated carbocycles. The molecular formula is C94H88N6O8. The molecule has 4 fully saturated rings. The predicted molar refractivity (Wildman–Crippen MR) is 425 cm³/mol. The molecule has 5 aliphatic heterocycles. The molecule has 14 nitrogen and oxygen atoms in total. The van der Waals surface area contributed by atoms with Crippen LogP contribution >= 0.6 is 0 Å². The van der Waals surface area contributed by atoms with Gasteiger partial charge in [0, 0.05) is 88.9 Å². The number of aromatic hydroxyl groups is 1. The van der Waals surface area contributed by atoms with Gasteiger partial charge in [0.25, 0.3) is 0 Å². The summed E-state index contributed by atoms with van der Waals surface area (Å²) in [6.07, 6.45) is 16.5. The van der Waals surface area contributed by atoms with Crippen LogP contribution in [-0.4, -0.2) is 84.5 Å². The lowest BCUT2D eigenvalue weighted by molar-refractivity contribution is 0.0306. The Morgan fingerprint density at radius 2 is 1.69 bits per heavy atom. The number of hydrogen-bond acceptors (Lipinski definition) is 11. The number of ether oxygens (including phenoxy) is 3. The number of aromatic nitrogens is 1. The van der Waals surface area contributed by atoms with Crippen LogP contribution in [0.25, 0.3) is 66.6 Å². The molecule has 17 bridgehead atoms. The van der Waals surface area contributed by atoms with E-state index in [1.165, 1.54) is 55.6 Å². The first-order valence-electron chi connectivity index (χ1n) is 39.3. The van der Waals surface area contributed by atoms with E-state index in [-0.39, 0.29) is 101 Å². The van der Waals surface area contributed by atoms with E-state index < -0.39 is 46.3 Å². The molecule has 12 aliphatic rings. The van der Waals surface area contributed by atoms with E-state index in [0.717, 1.165) is 103 Å². The maximum absolute atomic E-state index is 15.8. The molecule has 0 radical (unpaired) electrons. The number of aliphatic hydroxyl groups excluding tert-OH is 2. The maximum atomic E-state index is 15.8. The Balaban J connectivity index is 0.875. The largest absolute Gasteiger partial charge is 0.508 e. The second-order valence-corrected chi connectivity index (χ2v) is 33.4. The quantitative estimate of drug-likeness (QED) is 0.0295. The third-order valence-electron chi connectivity index (χ3n) is 28.4. The minimum Gasteiger partial charge on any atom is -0.508 e. The number of anilines is 1. The SMILES string of the molecule is COc1c2c(c3oc(-c4ccc(O)cc4)cc(=O)c3c1OCCC(O)C=Cc1ccccc1)C1C#CC3NCCN4c5[nH]c(cc5-c5cccc(c5)C1)C1(C)C5CCC6C#CC7C8C=C(CCC61CC5)c1ccc5cc6cccc9c6c6c5c1C8(CC6CC9)CC7(c1ccc(c(N=C(N)N)c1)CC(CO)CO2)C34. The third-order valence-corrected chi connectivity index (χ3v) is 28.4. The number of methoxy groups -OCH3 is 1. The molecule has 7 heterocycles. The van der Waals surface area contributed by atoms with Gasteiger partial charge < -0.3 is 60.6 Å². The van der Waals surface area contributed by atoms with Gasteiger partial charge in [0.15, 0.2) is 28.5 Å². The number of fused-ring (bicyclic) bond motifs is 11. The van der Waals surface area contributed by atoms with Crippen LogP contribution in [0.1, 0.15) is 139 Å². The second-order valence-electron chi connectivity index (χ2n) is 33.4. The van der Waals surface area contributed by atoms with Gasteiger partial charge in [0.2, 0.25) is 5.75 Å². The van der Waals surface area contributed by atoms with E-state index >= 15 is 4.79 Å². The number of nitrogens with one attached hydrogen (secondary N) is 2. The van der Waals surface area contributed by atoms with Crippen LogP contribution in [0.4, 0.5) is 11.5 Å². The van der Waals surface area contributed by atoms with E-state index in [0.29, 0.717) is 54.6 Å². The van der Waals surface area contributed by atoms with Gasteiger partial charge in [-0.25, -0.2) is 4.99 Å². The van der Waals surface area contributed by atoms with Crippen molar-refractivity contribution in [3.8, 4) is 69.1 Å². The minimum atomic E-state index is -0.914. The standard InChI is InChI=1S/C94H88N6O8/c1-91-64-23-24-65-25-30-71-72-44-58(32-35-93(65,91)36-33-64)69-29-20-62-43-60-13-7-11-56-15-16-63-48-92(72,83(69)80(62)79(63)78(56)60)51-94(71)66-22-17-59(74(45-66)98-90(95)96)42-54(49-101)50-107-85-81(61-21-31-73-88(94)100(38-37-97-73)89-70(46-77(91)99-89)57-12-6-10-53(40-57)41-61)84-82(75(104)47-76(108-84)55-18-27-67(102)28-19-55)86(87(85)105-2)106-39-34-68(103)26-14-52-8-4-3-5-9-52/h3-14,17-20,22,26-29,40,43-47,54,61,63-65,68,71-73,88,97,99,101-103H,15-16,23-24,32-39,41-42,48-51H2,1-2H3,(H4,95,96,98). The van der Waals surface area contributed by atoms with Crippen molar-refractivity contribution in [3.63, 3.8) is 0 Å². The average molecular weight is 1430 g/mol. The number of phenols is 1. The molecule has 7 aliphatic carbocycles. The number of benzene rings is 8. The molecule has 3 spiro atoms. The van der Waals surface area contributed by atoms with Crippen LogP contribution in [0, 0.1) is 58.7 Å². The highest BCUT2D eigenvalue weighted by molar-refractivity contribution is 6.09. The molecule has 8 aromatic carbocycles. The summed E-state index contributed by atoms with van der Waals surface area (Å²) < 4.78 is 28.3. The maximum Gasteiger partial charge on any atom is 0.204 e. The van der Waals surface area contributed by atoms with Crippen LogP contribution in [0.5, 0.6) is 23.0 Å². The summed E-state index contributed by atoms with van der Waals surface area (Å²) >= 11 is 0. The van der Waals surface area contributed by atoms with Crippen molar-refractivity contribution < 1.29 is 33.9 Å². The normalized spacial score (nSPS) is 29.1. The van der Waals surface area contributed by atoms with Gasteiger partial charge in [-0.05, 0) is 214 Å². The fraction of sp³-hybridized carbons (Fsp3) is 0.362. The molecule has 1 saturated heterocycles. The number of nitrogens with zero attached hydrogens (tertiary/aromatic N) is 2. The third kappa shape index (κ3) is 9.51. The van der Waals surface area contributed by atoms with Gasteiger partial charge in [-0.3, -0.25) is 4.79 Å². The van der Waals surface area contributed by atoms with Crippen LogP contribution < -0.4 is 41.3 Å². The smallest absolute Gasteiger partial charge is 0.204 e. The Hall–Kier alpha value is -10.5. The second kappa shape index (κ2) is 24.5. The van der Waals surface area contributed by atoms with E-state index in [2.05, 4.69) is 137 Å². The van der Waals surface area contributed by atoms with Gasteiger partial charge in [-0.2, -0.15) is 0 Å². The summed E-state index contributed by atoms with van der Waals surface area (Å²) in [5, 5.41) is 44.1. The lowest BCUT2D eigenvalue weighted by atomic mass is 9.49. The first-order chi connectivity index (χ1) is 52.7. The van der Waals surface area contributed by atoms with Crippen LogP contribution in [0.15, 0.2) is 172 Å². The molecular weight excluding hydrogens is 1340 g/mol. The Bertz CT molecular complexity index is 5770. The number of guanidine groups is 1. The van der Waals surface area contributed by atoms with E-state index in [1.54, 1.807) is 43.0 Å². The van der Waals surface area contributed by atoms with Crippen molar-refractivity contribution in [2.45, 2.75) is 137 Å². The minimum absolute atomic E-state index is 0.0173. The number of rotatable bonds is 10. The average Bonchev–Trinajstić information content (AvgIpc) is 1.56. The summed E-state index contributed by atoms with van der Waals surface area (Å²) in [6.45, 7) is 3.52. The molecule has 108 heavy (non-hydrogen) atoms. The van der Waals surface area contributed by atoms with Gasteiger partial charge in [-0.1, -0.05) is 146 Å². The molecule has 2 aromatic heterocycles. The van der Waals surface area contributed by atoms with Crippen LogP contribution in [0.3, 0.4) is 0 Å². The molecule has 14 atom stereocenters. The number of piperazine rings is 1. The van der Waals surface area contributed by atoms with Crippen molar-refractivity contribution in [2.75, 3.05) is 44.9 Å². The molecule has 542 valence electrons. The molecule has 22 rings (SSSR count). The summed E-state index contributed by atoms with van der Waals surface area (Å²) in [6, 6.07) is 49.9. The van der Waals surface area contributed by atoms with Gasteiger partial charge in [-0.15, -0.1) is 0 Å².